The Hall–Kier alpha value is -2.58. The normalized spacial score (nSPS) is 10.7. The number of phenolic OH excluding ortho intramolecular Hbond substituents is 1. The van der Waals surface area contributed by atoms with Gasteiger partial charge in [0.15, 0.2) is 0 Å². The standard InChI is InChI=1S/C17H16ClN5O2S/c1-22(10-12-2-4-13(18)5-3-12)16(25)11-26-17-19-20-21-23(17)14-6-8-15(24)9-7-14/h2-9,24H,10-11H2,1H3. The van der Waals surface area contributed by atoms with E-state index in [0.29, 0.717) is 22.4 Å². The molecule has 3 rings (SSSR count). The highest BCUT2D eigenvalue weighted by atomic mass is 35.5. The third kappa shape index (κ3) is 4.53. The van der Waals surface area contributed by atoms with E-state index >= 15 is 0 Å². The molecule has 0 bridgehead atoms. The lowest BCUT2D eigenvalue weighted by molar-refractivity contribution is -0.127. The lowest BCUT2D eigenvalue weighted by Gasteiger charge is -2.17. The van der Waals surface area contributed by atoms with Crippen LogP contribution in [0, 0.1) is 0 Å². The first-order valence-corrected chi connectivity index (χ1v) is 9.08. The first-order valence-electron chi connectivity index (χ1n) is 7.72. The summed E-state index contributed by atoms with van der Waals surface area (Å²) in [7, 11) is 1.75. The van der Waals surface area contributed by atoms with E-state index in [9.17, 15) is 9.90 Å². The van der Waals surface area contributed by atoms with Crippen LogP contribution in [0.2, 0.25) is 5.02 Å². The zero-order valence-corrected chi connectivity index (χ0v) is 15.5. The fourth-order valence-corrected chi connectivity index (χ4v) is 3.17. The number of carbonyl (C=O) groups is 1. The van der Waals surface area contributed by atoms with Crippen molar-refractivity contribution in [1.29, 1.82) is 0 Å². The van der Waals surface area contributed by atoms with Crippen molar-refractivity contribution >= 4 is 29.3 Å². The van der Waals surface area contributed by atoms with E-state index in [1.54, 1.807) is 48.3 Å². The molecule has 0 aliphatic carbocycles. The van der Waals surface area contributed by atoms with Gasteiger partial charge >= 0.3 is 0 Å². The Morgan fingerprint density at radius 2 is 1.88 bits per heavy atom. The molecule has 0 radical (unpaired) electrons. The molecule has 0 atom stereocenters. The Labute approximate surface area is 159 Å². The van der Waals surface area contributed by atoms with Crippen LogP contribution in [-0.2, 0) is 11.3 Å². The topological polar surface area (TPSA) is 84.1 Å². The summed E-state index contributed by atoms with van der Waals surface area (Å²) >= 11 is 7.13. The van der Waals surface area contributed by atoms with Crippen LogP contribution in [0.4, 0.5) is 0 Å². The van der Waals surface area contributed by atoms with Crippen LogP contribution in [0.1, 0.15) is 5.56 Å². The van der Waals surface area contributed by atoms with Gasteiger partial charge in [0.05, 0.1) is 11.4 Å². The van der Waals surface area contributed by atoms with Crippen molar-refractivity contribution in [3.63, 3.8) is 0 Å². The van der Waals surface area contributed by atoms with Crippen molar-refractivity contribution in [2.45, 2.75) is 11.7 Å². The molecule has 9 heteroatoms. The molecule has 0 fully saturated rings. The number of halogens is 1. The minimum Gasteiger partial charge on any atom is -0.508 e. The molecule has 0 unspecified atom stereocenters. The summed E-state index contributed by atoms with van der Waals surface area (Å²) in [6, 6.07) is 13.9. The van der Waals surface area contributed by atoms with Gasteiger partial charge in [0.1, 0.15) is 5.75 Å². The van der Waals surface area contributed by atoms with E-state index in [-0.39, 0.29) is 17.4 Å². The van der Waals surface area contributed by atoms with Crippen molar-refractivity contribution in [2.24, 2.45) is 0 Å². The number of carbonyl (C=O) groups excluding carboxylic acids is 1. The molecule has 26 heavy (non-hydrogen) atoms. The largest absolute Gasteiger partial charge is 0.508 e. The molecule has 2 aromatic carbocycles. The van der Waals surface area contributed by atoms with Crippen molar-refractivity contribution < 1.29 is 9.90 Å². The second-order valence-corrected chi connectivity index (χ2v) is 6.93. The monoisotopic (exact) mass is 389 g/mol. The maximum absolute atomic E-state index is 12.4. The zero-order valence-electron chi connectivity index (χ0n) is 13.9. The van der Waals surface area contributed by atoms with Gasteiger partial charge in [0.2, 0.25) is 11.1 Å². The van der Waals surface area contributed by atoms with Gasteiger partial charge < -0.3 is 10.0 Å². The van der Waals surface area contributed by atoms with Crippen LogP contribution in [0.15, 0.2) is 53.7 Å². The number of thioether (sulfide) groups is 1. The Bertz CT molecular complexity index is 883. The first-order chi connectivity index (χ1) is 12.5. The van der Waals surface area contributed by atoms with Crippen molar-refractivity contribution in [1.82, 2.24) is 25.1 Å². The first kappa shape index (κ1) is 18.2. The molecule has 1 heterocycles. The van der Waals surface area contributed by atoms with Crippen molar-refractivity contribution in [2.75, 3.05) is 12.8 Å². The SMILES string of the molecule is CN(Cc1ccc(Cl)cc1)C(=O)CSc1nnnn1-c1ccc(O)cc1. The summed E-state index contributed by atoms with van der Waals surface area (Å²) in [5.74, 6) is 0.336. The van der Waals surface area contributed by atoms with Gasteiger partial charge in [-0.25, -0.2) is 0 Å². The lowest BCUT2D eigenvalue weighted by Crippen LogP contribution is -2.27. The van der Waals surface area contributed by atoms with Gasteiger partial charge in [-0.2, -0.15) is 4.68 Å². The summed E-state index contributed by atoms with van der Waals surface area (Å²) in [6.45, 7) is 0.499. The molecule has 0 aliphatic heterocycles. The average Bonchev–Trinajstić information content (AvgIpc) is 3.10. The smallest absolute Gasteiger partial charge is 0.233 e. The minimum absolute atomic E-state index is 0.0368. The van der Waals surface area contributed by atoms with E-state index < -0.39 is 0 Å². The number of aromatic nitrogens is 4. The van der Waals surface area contributed by atoms with Crippen LogP contribution < -0.4 is 0 Å². The van der Waals surface area contributed by atoms with Crippen LogP contribution in [-0.4, -0.2) is 48.9 Å². The molecular formula is C17H16ClN5O2S. The van der Waals surface area contributed by atoms with Gasteiger partial charge in [-0.15, -0.1) is 5.10 Å². The van der Waals surface area contributed by atoms with Gasteiger partial charge in [0.25, 0.3) is 0 Å². The van der Waals surface area contributed by atoms with Crippen molar-refractivity contribution in [3.8, 4) is 11.4 Å². The Morgan fingerprint density at radius 3 is 2.58 bits per heavy atom. The number of rotatable bonds is 6. The molecule has 0 aliphatic rings. The number of hydrogen-bond acceptors (Lipinski definition) is 6. The highest BCUT2D eigenvalue weighted by Crippen LogP contribution is 2.20. The summed E-state index contributed by atoms with van der Waals surface area (Å²) in [4.78, 5) is 14.0. The third-order valence-corrected chi connectivity index (χ3v) is 4.77. The molecule has 1 aromatic heterocycles. The maximum atomic E-state index is 12.4. The number of phenols is 1. The van der Waals surface area contributed by atoms with Gasteiger partial charge in [-0.3, -0.25) is 4.79 Å². The molecule has 0 spiro atoms. The Balaban J connectivity index is 1.60. The van der Waals surface area contributed by atoms with E-state index in [0.717, 1.165) is 5.56 Å². The van der Waals surface area contributed by atoms with Gasteiger partial charge in [-0.05, 0) is 52.4 Å². The molecule has 1 amide bonds. The van der Waals surface area contributed by atoms with Crippen LogP contribution in [0.5, 0.6) is 5.75 Å². The molecular weight excluding hydrogens is 374 g/mol. The Morgan fingerprint density at radius 1 is 1.19 bits per heavy atom. The number of benzene rings is 2. The highest BCUT2D eigenvalue weighted by molar-refractivity contribution is 7.99. The number of amides is 1. The quantitative estimate of drug-likeness (QED) is 0.652. The molecule has 1 N–H and O–H groups in total. The maximum Gasteiger partial charge on any atom is 0.233 e. The molecule has 7 nitrogen and oxygen atoms in total. The van der Waals surface area contributed by atoms with E-state index in [1.165, 1.54) is 16.4 Å². The molecule has 0 saturated carbocycles. The summed E-state index contributed by atoms with van der Waals surface area (Å²) in [6.07, 6.45) is 0. The fraction of sp³-hybridized carbons (Fsp3) is 0.176. The molecule has 134 valence electrons. The van der Waals surface area contributed by atoms with E-state index in [2.05, 4.69) is 15.5 Å². The average molecular weight is 390 g/mol. The van der Waals surface area contributed by atoms with Gasteiger partial charge in [0, 0.05) is 18.6 Å². The summed E-state index contributed by atoms with van der Waals surface area (Å²) < 4.78 is 1.52. The number of nitrogens with zero attached hydrogens (tertiary/aromatic N) is 5. The number of tetrazole rings is 1. The minimum atomic E-state index is -0.0368. The fourth-order valence-electron chi connectivity index (χ4n) is 2.21. The summed E-state index contributed by atoms with van der Waals surface area (Å²) in [5.41, 5.74) is 1.71. The summed E-state index contributed by atoms with van der Waals surface area (Å²) in [5, 5.41) is 22.1. The third-order valence-electron chi connectivity index (χ3n) is 3.62. The van der Waals surface area contributed by atoms with E-state index in [1.807, 2.05) is 12.1 Å². The van der Waals surface area contributed by atoms with Crippen molar-refractivity contribution in [3.05, 3.63) is 59.1 Å². The second kappa shape index (κ2) is 8.20. The van der Waals surface area contributed by atoms with Crippen LogP contribution in [0.3, 0.4) is 0 Å². The number of hydrogen-bond donors (Lipinski definition) is 1. The highest BCUT2D eigenvalue weighted by Gasteiger charge is 2.14. The predicted molar refractivity (Wildman–Crippen MR) is 99.5 cm³/mol. The molecule has 3 aromatic rings. The lowest BCUT2D eigenvalue weighted by atomic mass is 10.2. The van der Waals surface area contributed by atoms with Crippen LogP contribution in [0.25, 0.3) is 5.69 Å². The number of aromatic hydroxyl groups is 1. The zero-order chi connectivity index (χ0) is 18.5. The molecule has 0 saturated heterocycles. The van der Waals surface area contributed by atoms with E-state index in [4.69, 9.17) is 11.6 Å². The Kier molecular flexibility index (Phi) is 5.75. The second-order valence-electron chi connectivity index (χ2n) is 5.55. The van der Waals surface area contributed by atoms with Crippen LogP contribution >= 0.6 is 23.4 Å². The predicted octanol–water partition coefficient (Wildman–Crippen LogP) is 2.77. The van der Waals surface area contributed by atoms with Gasteiger partial charge in [-0.1, -0.05) is 35.5 Å².